The van der Waals surface area contributed by atoms with Crippen molar-refractivity contribution in [2.75, 3.05) is 6.54 Å². The van der Waals surface area contributed by atoms with Crippen LogP contribution in [0.3, 0.4) is 0 Å². The van der Waals surface area contributed by atoms with Gasteiger partial charge in [0.1, 0.15) is 6.04 Å². The Morgan fingerprint density at radius 3 is 3.06 bits per heavy atom. The van der Waals surface area contributed by atoms with E-state index in [1.54, 1.807) is 6.33 Å². The van der Waals surface area contributed by atoms with Gasteiger partial charge in [-0.1, -0.05) is 0 Å². The number of carbonyl (C=O) groups is 1. The molecule has 1 unspecified atom stereocenters. The van der Waals surface area contributed by atoms with E-state index in [9.17, 15) is 4.79 Å². The van der Waals surface area contributed by atoms with E-state index in [4.69, 9.17) is 0 Å². The predicted molar refractivity (Wildman–Crippen MR) is 68.1 cm³/mol. The van der Waals surface area contributed by atoms with Gasteiger partial charge in [0, 0.05) is 18.3 Å². The van der Waals surface area contributed by atoms with Crippen LogP contribution in [0.1, 0.15) is 50.4 Å². The Hall–Kier alpha value is -1.36. The first-order valence-corrected chi connectivity index (χ1v) is 6.81. The molecule has 5 nitrogen and oxygen atoms in total. The number of carbonyl (C=O) groups excluding carboxylic acids is 1. The minimum Gasteiger partial charge on any atom is -0.352 e. The lowest BCUT2D eigenvalue weighted by atomic mass is 10.1. The molecular weight excluding hydrogens is 228 g/mol. The van der Waals surface area contributed by atoms with Gasteiger partial charge in [0.05, 0.1) is 12.0 Å². The van der Waals surface area contributed by atoms with Gasteiger partial charge in [0.15, 0.2) is 0 Å². The Bertz CT molecular complexity index is 432. The highest BCUT2D eigenvalue weighted by Crippen LogP contribution is 2.26. The molecular formula is C13H20N4O. The molecule has 0 spiro atoms. The zero-order chi connectivity index (χ0) is 12.5. The number of rotatable bonds is 4. The summed E-state index contributed by atoms with van der Waals surface area (Å²) >= 11 is 0. The molecule has 1 aromatic rings. The highest BCUT2D eigenvalue weighted by molar-refractivity contribution is 5.80. The van der Waals surface area contributed by atoms with Gasteiger partial charge in [-0.2, -0.15) is 0 Å². The maximum Gasteiger partial charge on any atom is 0.243 e. The quantitative estimate of drug-likeness (QED) is 0.840. The van der Waals surface area contributed by atoms with E-state index >= 15 is 0 Å². The topological polar surface area (TPSA) is 59.0 Å². The van der Waals surface area contributed by atoms with Crippen LogP contribution >= 0.6 is 0 Å². The summed E-state index contributed by atoms with van der Waals surface area (Å²) in [5.74, 6) is 0.106. The second kappa shape index (κ2) is 4.72. The maximum atomic E-state index is 12.1. The van der Waals surface area contributed by atoms with E-state index in [0.717, 1.165) is 31.5 Å². The number of hydrogen-bond donors (Lipinski definition) is 2. The summed E-state index contributed by atoms with van der Waals surface area (Å²) in [6.07, 6.45) is 8.22. The third kappa shape index (κ3) is 2.27. The number of aromatic nitrogens is 2. The number of nitrogens with one attached hydrogen (secondary N) is 2. The maximum absolute atomic E-state index is 12.1. The molecule has 0 aromatic carbocycles. The lowest BCUT2D eigenvalue weighted by Gasteiger charge is -2.19. The average molecular weight is 248 g/mol. The summed E-state index contributed by atoms with van der Waals surface area (Å²) in [4.78, 5) is 16.3. The smallest absolute Gasteiger partial charge is 0.243 e. The fraction of sp³-hybridized carbons (Fsp3) is 0.692. The third-order valence-corrected chi connectivity index (χ3v) is 3.83. The third-order valence-electron chi connectivity index (χ3n) is 3.83. The SMILES string of the molecule is CC(C(=O)NC1CC1)n1cncc1[C@@H]1CCCN1. The molecule has 0 bridgehead atoms. The molecule has 0 radical (unpaired) electrons. The Morgan fingerprint density at radius 2 is 2.39 bits per heavy atom. The van der Waals surface area contributed by atoms with Gasteiger partial charge in [-0.15, -0.1) is 0 Å². The second-order valence-electron chi connectivity index (χ2n) is 5.33. The molecule has 2 atom stereocenters. The predicted octanol–water partition coefficient (Wildman–Crippen LogP) is 1.15. The molecule has 1 aliphatic carbocycles. The van der Waals surface area contributed by atoms with Gasteiger partial charge in [-0.25, -0.2) is 4.98 Å². The molecule has 2 N–H and O–H groups in total. The highest BCUT2D eigenvalue weighted by Gasteiger charge is 2.28. The monoisotopic (exact) mass is 248 g/mol. The normalized spacial score (nSPS) is 25.1. The van der Waals surface area contributed by atoms with Crippen molar-refractivity contribution in [3.63, 3.8) is 0 Å². The van der Waals surface area contributed by atoms with Crippen molar-refractivity contribution in [2.45, 2.75) is 50.7 Å². The molecule has 3 rings (SSSR count). The van der Waals surface area contributed by atoms with Crippen LogP contribution in [-0.2, 0) is 4.79 Å². The van der Waals surface area contributed by atoms with Crippen molar-refractivity contribution >= 4 is 5.91 Å². The van der Waals surface area contributed by atoms with Crippen molar-refractivity contribution in [1.29, 1.82) is 0 Å². The van der Waals surface area contributed by atoms with Crippen LogP contribution in [0.25, 0.3) is 0 Å². The van der Waals surface area contributed by atoms with Crippen LogP contribution in [0.5, 0.6) is 0 Å². The average Bonchev–Trinajstić information content (AvgIpc) is 2.88. The van der Waals surface area contributed by atoms with Gasteiger partial charge in [0.25, 0.3) is 0 Å². The van der Waals surface area contributed by atoms with Gasteiger partial charge in [-0.05, 0) is 39.2 Å². The van der Waals surface area contributed by atoms with E-state index < -0.39 is 0 Å². The van der Waals surface area contributed by atoms with E-state index in [0.29, 0.717) is 12.1 Å². The number of amides is 1. The summed E-state index contributed by atoms with van der Waals surface area (Å²) in [6.45, 7) is 3.00. The molecule has 2 heterocycles. The van der Waals surface area contributed by atoms with E-state index in [1.165, 1.54) is 6.42 Å². The number of nitrogens with zero attached hydrogens (tertiary/aromatic N) is 2. The zero-order valence-electron chi connectivity index (χ0n) is 10.7. The molecule has 1 saturated heterocycles. The van der Waals surface area contributed by atoms with E-state index in [-0.39, 0.29) is 11.9 Å². The summed E-state index contributed by atoms with van der Waals surface area (Å²) < 4.78 is 2.00. The standard InChI is InChI=1S/C13H20N4O/c1-9(13(18)16-10-4-5-10)17-8-14-7-12(17)11-3-2-6-15-11/h7-11,15H,2-6H2,1H3,(H,16,18)/t9?,11-/m0/s1. The Morgan fingerprint density at radius 1 is 1.56 bits per heavy atom. The molecule has 2 aliphatic rings. The van der Waals surface area contributed by atoms with Gasteiger partial charge < -0.3 is 15.2 Å². The van der Waals surface area contributed by atoms with Crippen LogP contribution in [-0.4, -0.2) is 28.0 Å². The summed E-state index contributed by atoms with van der Waals surface area (Å²) in [6, 6.07) is 0.589. The summed E-state index contributed by atoms with van der Waals surface area (Å²) in [7, 11) is 0. The fourth-order valence-corrected chi connectivity index (χ4v) is 2.52. The largest absolute Gasteiger partial charge is 0.352 e. The highest BCUT2D eigenvalue weighted by atomic mass is 16.2. The zero-order valence-corrected chi connectivity index (χ0v) is 10.7. The van der Waals surface area contributed by atoms with Crippen LogP contribution in [0.4, 0.5) is 0 Å². The Balaban J connectivity index is 1.73. The van der Waals surface area contributed by atoms with Gasteiger partial charge in [0.2, 0.25) is 5.91 Å². The molecule has 2 fully saturated rings. The van der Waals surface area contributed by atoms with Crippen LogP contribution in [0.15, 0.2) is 12.5 Å². The lowest BCUT2D eigenvalue weighted by Crippen LogP contribution is -2.33. The van der Waals surface area contributed by atoms with E-state index in [1.807, 2.05) is 17.7 Å². The molecule has 5 heteroatoms. The van der Waals surface area contributed by atoms with Crippen molar-refractivity contribution < 1.29 is 4.79 Å². The van der Waals surface area contributed by atoms with Gasteiger partial charge in [-0.3, -0.25) is 4.79 Å². The van der Waals surface area contributed by atoms with Crippen molar-refractivity contribution in [3.8, 4) is 0 Å². The molecule has 1 aromatic heterocycles. The fourth-order valence-electron chi connectivity index (χ4n) is 2.52. The van der Waals surface area contributed by atoms with E-state index in [2.05, 4.69) is 15.6 Å². The first-order chi connectivity index (χ1) is 8.75. The second-order valence-corrected chi connectivity index (χ2v) is 5.33. The Kier molecular flexibility index (Phi) is 3.07. The molecule has 18 heavy (non-hydrogen) atoms. The summed E-state index contributed by atoms with van der Waals surface area (Å²) in [5.41, 5.74) is 1.13. The number of hydrogen-bond acceptors (Lipinski definition) is 3. The van der Waals surface area contributed by atoms with Crippen molar-refractivity contribution in [1.82, 2.24) is 20.2 Å². The molecule has 98 valence electrons. The van der Waals surface area contributed by atoms with Gasteiger partial charge >= 0.3 is 0 Å². The molecule has 1 amide bonds. The molecule has 1 saturated carbocycles. The first-order valence-electron chi connectivity index (χ1n) is 6.81. The lowest BCUT2D eigenvalue weighted by molar-refractivity contribution is -0.124. The minimum absolute atomic E-state index is 0.106. The Labute approximate surface area is 107 Å². The first kappa shape index (κ1) is 11.7. The van der Waals surface area contributed by atoms with Crippen LogP contribution < -0.4 is 10.6 Å². The van der Waals surface area contributed by atoms with Crippen LogP contribution in [0, 0.1) is 0 Å². The number of imidazole rings is 1. The van der Waals surface area contributed by atoms with Crippen molar-refractivity contribution in [2.24, 2.45) is 0 Å². The van der Waals surface area contributed by atoms with Crippen molar-refractivity contribution in [3.05, 3.63) is 18.2 Å². The molecule has 1 aliphatic heterocycles. The van der Waals surface area contributed by atoms with Crippen LogP contribution in [0.2, 0.25) is 0 Å². The summed E-state index contributed by atoms with van der Waals surface area (Å²) in [5, 5.41) is 6.51. The minimum atomic E-state index is -0.175.